The third kappa shape index (κ3) is 3.83. The third-order valence-corrected chi connectivity index (χ3v) is 4.15. The number of nitrogens with zero attached hydrogens (tertiary/aromatic N) is 1. The Morgan fingerprint density at radius 3 is 2.80 bits per heavy atom. The van der Waals surface area contributed by atoms with E-state index in [1.54, 1.807) is 0 Å². The Morgan fingerprint density at radius 2 is 2.10 bits per heavy atom. The smallest absolute Gasteiger partial charge is 0.239 e. The maximum Gasteiger partial charge on any atom is 0.239 e. The Morgan fingerprint density at radius 1 is 1.35 bits per heavy atom. The molecule has 0 bridgehead atoms. The van der Waals surface area contributed by atoms with Crippen LogP contribution in [0.1, 0.15) is 38.7 Å². The van der Waals surface area contributed by atoms with Crippen LogP contribution in [0, 0.1) is 0 Å². The van der Waals surface area contributed by atoms with Crippen LogP contribution < -0.4 is 5.32 Å². The molecule has 2 unspecified atom stereocenters. The molecule has 0 aromatic heterocycles. The molecular weight excluding hydrogens is 248 g/mol. The van der Waals surface area contributed by atoms with Gasteiger partial charge in [0, 0.05) is 12.6 Å². The number of piperidine rings is 1. The molecule has 1 aliphatic heterocycles. The fourth-order valence-corrected chi connectivity index (χ4v) is 2.95. The van der Waals surface area contributed by atoms with Crippen molar-refractivity contribution < 1.29 is 4.79 Å². The zero-order valence-corrected chi connectivity index (χ0v) is 12.6. The number of hydrogen-bond acceptors (Lipinski definition) is 2. The molecule has 2 atom stereocenters. The summed E-state index contributed by atoms with van der Waals surface area (Å²) in [5.74, 6) is 0.290. The summed E-state index contributed by atoms with van der Waals surface area (Å²) >= 11 is 0. The van der Waals surface area contributed by atoms with E-state index in [9.17, 15) is 4.79 Å². The lowest BCUT2D eigenvalue weighted by molar-refractivity contribution is -0.138. The predicted molar refractivity (Wildman–Crippen MR) is 82.6 cm³/mol. The van der Waals surface area contributed by atoms with Crippen molar-refractivity contribution in [3.05, 3.63) is 35.9 Å². The number of carbonyl (C=O) groups excluding carboxylic acids is 1. The van der Waals surface area contributed by atoms with E-state index in [0.717, 1.165) is 38.8 Å². The normalized spacial score (nSPS) is 21.0. The summed E-state index contributed by atoms with van der Waals surface area (Å²) in [7, 11) is 0. The van der Waals surface area contributed by atoms with E-state index in [0.29, 0.717) is 11.9 Å². The quantitative estimate of drug-likeness (QED) is 0.865. The fraction of sp³-hybridized carbons (Fsp3) is 0.588. The first-order valence-corrected chi connectivity index (χ1v) is 7.80. The van der Waals surface area contributed by atoms with E-state index in [2.05, 4.69) is 48.3 Å². The maximum atomic E-state index is 12.4. The molecule has 1 aliphatic rings. The molecule has 0 saturated carbocycles. The minimum Gasteiger partial charge on any atom is -0.339 e. The summed E-state index contributed by atoms with van der Waals surface area (Å²) in [4.78, 5) is 14.5. The fourth-order valence-electron chi connectivity index (χ4n) is 2.95. The molecule has 1 saturated heterocycles. The standard InChI is InChI=1S/C17H26N2O/c1-3-18-16-10-7-13-19(17(16)20)14(2)11-12-15-8-5-4-6-9-15/h4-6,8-9,14,16,18H,3,7,10-13H2,1-2H3. The lowest BCUT2D eigenvalue weighted by atomic mass is 9.99. The number of nitrogens with one attached hydrogen (secondary N) is 1. The van der Waals surface area contributed by atoms with Crippen LogP contribution in [-0.4, -0.2) is 36.0 Å². The molecule has 1 aromatic rings. The number of carbonyl (C=O) groups is 1. The van der Waals surface area contributed by atoms with Gasteiger partial charge in [-0.15, -0.1) is 0 Å². The van der Waals surface area contributed by atoms with Crippen molar-refractivity contribution in [3.8, 4) is 0 Å². The van der Waals surface area contributed by atoms with Crippen LogP contribution in [0.15, 0.2) is 30.3 Å². The van der Waals surface area contributed by atoms with E-state index < -0.39 is 0 Å². The number of amides is 1. The van der Waals surface area contributed by atoms with Gasteiger partial charge in [0.1, 0.15) is 0 Å². The molecule has 110 valence electrons. The maximum absolute atomic E-state index is 12.4. The van der Waals surface area contributed by atoms with Crippen LogP contribution in [-0.2, 0) is 11.2 Å². The van der Waals surface area contributed by atoms with Crippen molar-refractivity contribution in [1.29, 1.82) is 0 Å². The van der Waals surface area contributed by atoms with Gasteiger partial charge in [0.15, 0.2) is 0 Å². The van der Waals surface area contributed by atoms with Crippen molar-refractivity contribution >= 4 is 5.91 Å². The zero-order valence-electron chi connectivity index (χ0n) is 12.6. The minimum absolute atomic E-state index is 0.0351. The summed E-state index contributed by atoms with van der Waals surface area (Å²) in [6.07, 6.45) is 4.17. The van der Waals surface area contributed by atoms with Crippen molar-refractivity contribution in [2.45, 2.75) is 51.6 Å². The van der Waals surface area contributed by atoms with Crippen molar-refractivity contribution in [3.63, 3.8) is 0 Å². The van der Waals surface area contributed by atoms with Crippen LogP contribution in [0.4, 0.5) is 0 Å². The van der Waals surface area contributed by atoms with Gasteiger partial charge in [-0.2, -0.15) is 0 Å². The van der Waals surface area contributed by atoms with Crippen LogP contribution in [0.3, 0.4) is 0 Å². The third-order valence-electron chi connectivity index (χ3n) is 4.15. The van der Waals surface area contributed by atoms with Gasteiger partial charge in [0.05, 0.1) is 6.04 Å². The van der Waals surface area contributed by atoms with Gasteiger partial charge < -0.3 is 10.2 Å². The molecular formula is C17H26N2O. The molecule has 1 heterocycles. The molecule has 0 radical (unpaired) electrons. The Labute approximate surface area is 122 Å². The molecule has 3 heteroatoms. The van der Waals surface area contributed by atoms with E-state index in [4.69, 9.17) is 0 Å². The first-order valence-electron chi connectivity index (χ1n) is 7.80. The summed E-state index contributed by atoms with van der Waals surface area (Å²) in [6.45, 7) is 6.01. The molecule has 1 aromatic carbocycles. The highest BCUT2D eigenvalue weighted by atomic mass is 16.2. The van der Waals surface area contributed by atoms with E-state index in [1.165, 1.54) is 5.56 Å². The highest BCUT2D eigenvalue weighted by Crippen LogP contribution is 2.17. The molecule has 2 rings (SSSR count). The lowest BCUT2D eigenvalue weighted by Crippen LogP contribution is -2.53. The Kier molecular flexibility index (Phi) is 5.60. The van der Waals surface area contributed by atoms with Crippen LogP contribution in [0.5, 0.6) is 0 Å². The van der Waals surface area contributed by atoms with E-state index in [-0.39, 0.29) is 6.04 Å². The number of aryl methyl sites for hydroxylation is 1. The van der Waals surface area contributed by atoms with Gasteiger partial charge in [-0.25, -0.2) is 0 Å². The van der Waals surface area contributed by atoms with Crippen LogP contribution in [0.2, 0.25) is 0 Å². The Balaban J connectivity index is 1.88. The number of likely N-dealkylation sites (N-methyl/N-ethyl adjacent to an activating group) is 1. The second kappa shape index (κ2) is 7.44. The van der Waals surface area contributed by atoms with Crippen molar-refractivity contribution in [2.24, 2.45) is 0 Å². The van der Waals surface area contributed by atoms with Gasteiger partial charge in [-0.3, -0.25) is 4.79 Å². The SMILES string of the molecule is CCNC1CCCN(C(C)CCc2ccccc2)C1=O. The molecule has 1 amide bonds. The zero-order chi connectivity index (χ0) is 14.4. The molecule has 3 nitrogen and oxygen atoms in total. The molecule has 0 spiro atoms. The van der Waals surface area contributed by atoms with Crippen LogP contribution in [0.25, 0.3) is 0 Å². The predicted octanol–water partition coefficient (Wildman–Crippen LogP) is 2.61. The summed E-state index contributed by atoms with van der Waals surface area (Å²) in [5, 5.41) is 3.30. The second-order valence-corrected chi connectivity index (χ2v) is 5.66. The lowest BCUT2D eigenvalue weighted by Gasteiger charge is -2.37. The van der Waals surface area contributed by atoms with Gasteiger partial charge in [-0.05, 0) is 44.7 Å². The molecule has 0 aliphatic carbocycles. The number of hydrogen-bond donors (Lipinski definition) is 1. The van der Waals surface area contributed by atoms with Crippen molar-refractivity contribution in [1.82, 2.24) is 10.2 Å². The van der Waals surface area contributed by atoms with Gasteiger partial charge in [0.25, 0.3) is 0 Å². The Bertz CT molecular complexity index is 416. The monoisotopic (exact) mass is 274 g/mol. The van der Waals surface area contributed by atoms with Gasteiger partial charge in [-0.1, -0.05) is 37.3 Å². The van der Waals surface area contributed by atoms with Crippen LogP contribution >= 0.6 is 0 Å². The van der Waals surface area contributed by atoms with Crippen molar-refractivity contribution in [2.75, 3.05) is 13.1 Å². The summed E-state index contributed by atoms with van der Waals surface area (Å²) in [5.41, 5.74) is 1.35. The van der Waals surface area contributed by atoms with Gasteiger partial charge in [0.2, 0.25) is 5.91 Å². The van der Waals surface area contributed by atoms with E-state index in [1.807, 2.05) is 6.07 Å². The highest BCUT2D eigenvalue weighted by Gasteiger charge is 2.30. The highest BCUT2D eigenvalue weighted by molar-refractivity contribution is 5.82. The molecule has 1 N–H and O–H groups in total. The first kappa shape index (κ1) is 15.0. The molecule has 20 heavy (non-hydrogen) atoms. The minimum atomic E-state index is 0.0351. The van der Waals surface area contributed by atoms with E-state index >= 15 is 0 Å². The van der Waals surface area contributed by atoms with Gasteiger partial charge >= 0.3 is 0 Å². The average molecular weight is 274 g/mol. The summed E-state index contributed by atoms with van der Waals surface area (Å²) in [6, 6.07) is 10.9. The first-order chi connectivity index (χ1) is 9.72. The largest absolute Gasteiger partial charge is 0.339 e. The Hall–Kier alpha value is -1.35. The second-order valence-electron chi connectivity index (χ2n) is 5.66. The number of likely N-dealkylation sites (tertiary alicyclic amines) is 1. The number of rotatable bonds is 6. The number of benzene rings is 1. The molecule has 1 fully saturated rings. The summed E-state index contributed by atoms with van der Waals surface area (Å²) < 4.78 is 0. The average Bonchev–Trinajstić information content (AvgIpc) is 2.48. The topological polar surface area (TPSA) is 32.3 Å².